The van der Waals surface area contributed by atoms with E-state index in [4.69, 9.17) is 14.6 Å². The highest BCUT2D eigenvalue weighted by atomic mass is 19.4. The highest BCUT2D eigenvalue weighted by Crippen LogP contribution is 2.32. The Kier molecular flexibility index (Phi) is 8.56. The van der Waals surface area contributed by atoms with Gasteiger partial charge < -0.3 is 24.4 Å². The quantitative estimate of drug-likeness (QED) is 0.320. The van der Waals surface area contributed by atoms with E-state index in [1.165, 1.54) is 13.0 Å². The van der Waals surface area contributed by atoms with Crippen molar-refractivity contribution in [3.05, 3.63) is 83.4 Å². The number of rotatable bonds is 10. The molecule has 1 N–H and O–H groups in total. The van der Waals surface area contributed by atoms with Gasteiger partial charge in [-0.1, -0.05) is 36.4 Å². The molecule has 1 heterocycles. The number of urea groups is 1. The van der Waals surface area contributed by atoms with Gasteiger partial charge in [0.2, 0.25) is 0 Å². The average Bonchev–Trinajstić information content (AvgIpc) is 3.17. The number of carbonyl (C=O) groups excluding carboxylic acids is 1. The fourth-order valence-corrected chi connectivity index (χ4v) is 4.66. The maximum atomic E-state index is 13.0. The number of carbonyl (C=O) groups is 2. The smallest absolute Gasteiger partial charge is 0.416 e. The van der Waals surface area contributed by atoms with Crippen LogP contribution in [0.3, 0.4) is 0 Å². The molecule has 0 radical (unpaired) electrons. The molecule has 7 nitrogen and oxygen atoms in total. The van der Waals surface area contributed by atoms with Crippen molar-refractivity contribution in [3.63, 3.8) is 0 Å². The van der Waals surface area contributed by atoms with Crippen LogP contribution >= 0.6 is 0 Å². The molecule has 0 aliphatic carbocycles. The number of carboxylic acids is 1. The summed E-state index contributed by atoms with van der Waals surface area (Å²) in [4.78, 5) is 27.0. The lowest BCUT2D eigenvalue weighted by molar-refractivity contribution is -0.144. The molecule has 0 aromatic heterocycles. The van der Waals surface area contributed by atoms with Gasteiger partial charge in [0.15, 0.2) is 6.10 Å². The molecule has 212 valence electrons. The fourth-order valence-electron chi connectivity index (χ4n) is 4.66. The zero-order chi connectivity index (χ0) is 29.0. The van der Waals surface area contributed by atoms with Crippen LogP contribution < -0.4 is 9.47 Å². The summed E-state index contributed by atoms with van der Waals surface area (Å²) in [5.41, 5.74) is 2.35. The molecular weight excluding hydrogens is 525 g/mol. The van der Waals surface area contributed by atoms with Crippen molar-refractivity contribution < 1.29 is 37.3 Å². The number of hydrogen-bond donors (Lipinski definition) is 1. The van der Waals surface area contributed by atoms with Gasteiger partial charge in [0.25, 0.3) is 0 Å². The van der Waals surface area contributed by atoms with Gasteiger partial charge >= 0.3 is 18.2 Å². The Labute approximate surface area is 230 Å². The van der Waals surface area contributed by atoms with Gasteiger partial charge in [0.05, 0.1) is 18.2 Å². The van der Waals surface area contributed by atoms with Crippen LogP contribution in [-0.2, 0) is 17.5 Å². The predicted molar refractivity (Wildman–Crippen MR) is 143 cm³/mol. The molecule has 3 aromatic rings. The van der Waals surface area contributed by atoms with Crippen LogP contribution in [0.4, 0.5) is 18.0 Å². The molecule has 10 heteroatoms. The molecule has 0 spiro atoms. The van der Waals surface area contributed by atoms with Crippen LogP contribution in [0.25, 0.3) is 11.1 Å². The number of halogens is 3. The summed E-state index contributed by atoms with van der Waals surface area (Å²) in [7, 11) is 1.69. The topological polar surface area (TPSA) is 79.3 Å². The molecule has 1 aliphatic heterocycles. The molecule has 1 aliphatic rings. The fraction of sp³-hybridized carbons (Fsp3) is 0.333. The number of benzene rings is 3. The number of nitrogens with zero attached hydrogens (tertiary/aromatic N) is 2. The highest BCUT2D eigenvalue weighted by Gasteiger charge is 2.35. The van der Waals surface area contributed by atoms with Crippen LogP contribution in [0, 0.1) is 6.92 Å². The van der Waals surface area contributed by atoms with E-state index in [2.05, 4.69) is 0 Å². The highest BCUT2D eigenvalue weighted by molar-refractivity contribution is 5.77. The first-order valence-corrected chi connectivity index (χ1v) is 12.8. The molecule has 1 saturated heterocycles. The SMILES string of the molecule is Cc1c(OC(C)C(=O)O)cccc1-c1ccc(OCCC2CN(Cc3cccc(C(F)(F)F)c3)C(=O)N2C)cc1. The van der Waals surface area contributed by atoms with Gasteiger partial charge in [0.1, 0.15) is 11.5 Å². The summed E-state index contributed by atoms with van der Waals surface area (Å²) in [6.07, 6.45) is -4.84. The second-order valence-electron chi connectivity index (χ2n) is 9.81. The Bertz CT molecular complexity index is 1360. The average molecular weight is 557 g/mol. The van der Waals surface area contributed by atoms with Gasteiger partial charge in [-0.15, -0.1) is 0 Å². The lowest BCUT2D eigenvalue weighted by Crippen LogP contribution is -2.31. The van der Waals surface area contributed by atoms with E-state index < -0.39 is 23.8 Å². The summed E-state index contributed by atoms with van der Waals surface area (Å²) >= 11 is 0. The van der Waals surface area contributed by atoms with Crippen LogP contribution in [0.1, 0.15) is 30.0 Å². The number of likely N-dealkylation sites (N-methyl/N-ethyl adjacent to an activating group) is 1. The third-order valence-corrected chi connectivity index (χ3v) is 7.00. The third-order valence-electron chi connectivity index (χ3n) is 7.00. The first-order chi connectivity index (χ1) is 18.9. The van der Waals surface area contributed by atoms with Gasteiger partial charge in [-0.3, -0.25) is 0 Å². The molecule has 0 bridgehead atoms. The molecule has 1 fully saturated rings. The lowest BCUT2D eigenvalue weighted by atomic mass is 10.00. The number of carboxylic acid groups (broad SMARTS) is 1. The van der Waals surface area contributed by atoms with Crippen LogP contribution in [-0.4, -0.2) is 59.3 Å². The number of aliphatic carboxylic acids is 1. The number of hydrogen-bond acceptors (Lipinski definition) is 4. The Morgan fingerprint density at radius 2 is 1.80 bits per heavy atom. The number of ether oxygens (including phenoxy) is 2. The van der Waals surface area contributed by atoms with E-state index in [0.717, 1.165) is 28.8 Å². The molecule has 2 unspecified atom stereocenters. The standard InChI is InChI=1S/C30H31F3N2O5/c1-19-26(8-5-9-27(19)40-20(2)28(36)37)22-10-12-25(13-11-22)39-15-14-24-18-35(29(38)34(24)3)17-21-6-4-7-23(16-21)30(31,32)33/h4-13,16,20,24H,14-15,17-18H2,1-3H3,(H,36,37). The minimum atomic E-state index is -4.43. The van der Waals surface area contributed by atoms with Crippen molar-refractivity contribution in [1.82, 2.24) is 9.80 Å². The minimum absolute atomic E-state index is 0.104. The Balaban J connectivity index is 1.32. The van der Waals surface area contributed by atoms with Crippen molar-refractivity contribution in [3.8, 4) is 22.6 Å². The van der Waals surface area contributed by atoms with Crippen molar-refractivity contribution in [2.24, 2.45) is 0 Å². The lowest BCUT2D eigenvalue weighted by Gasteiger charge is -2.18. The molecule has 0 saturated carbocycles. The van der Waals surface area contributed by atoms with Crippen molar-refractivity contribution in [1.29, 1.82) is 0 Å². The van der Waals surface area contributed by atoms with E-state index in [0.29, 0.717) is 36.6 Å². The van der Waals surface area contributed by atoms with E-state index >= 15 is 0 Å². The van der Waals surface area contributed by atoms with Gasteiger partial charge in [-0.2, -0.15) is 13.2 Å². The van der Waals surface area contributed by atoms with Gasteiger partial charge in [-0.05, 0) is 66.4 Å². The summed E-state index contributed by atoms with van der Waals surface area (Å²) in [5.74, 6) is 0.119. The van der Waals surface area contributed by atoms with Gasteiger partial charge in [-0.25, -0.2) is 9.59 Å². The third kappa shape index (κ3) is 6.67. The monoisotopic (exact) mass is 556 g/mol. The van der Waals surface area contributed by atoms with Crippen LogP contribution in [0.15, 0.2) is 66.7 Å². The second kappa shape index (κ2) is 11.9. The van der Waals surface area contributed by atoms with Crippen LogP contribution in [0.5, 0.6) is 11.5 Å². The first kappa shape index (κ1) is 28.8. The maximum Gasteiger partial charge on any atom is 0.416 e. The van der Waals surface area contributed by atoms with Crippen molar-refractivity contribution >= 4 is 12.0 Å². The molecule has 40 heavy (non-hydrogen) atoms. The molecule has 2 amide bonds. The van der Waals surface area contributed by atoms with Crippen molar-refractivity contribution in [2.75, 3.05) is 20.2 Å². The molecular formula is C30H31F3N2O5. The van der Waals surface area contributed by atoms with E-state index in [9.17, 15) is 22.8 Å². The number of alkyl halides is 3. The van der Waals surface area contributed by atoms with Crippen molar-refractivity contribution in [2.45, 2.75) is 45.1 Å². The summed E-state index contributed by atoms with van der Waals surface area (Å²) in [5, 5.41) is 9.13. The summed E-state index contributed by atoms with van der Waals surface area (Å²) in [6.45, 7) is 4.21. The molecule has 2 atom stereocenters. The predicted octanol–water partition coefficient (Wildman–Crippen LogP) is 6.24. The second-order valence-corrected chi connectivity index (χ2v) is 9.81. The zero-order valence-corrected chi connectivity index (χ0v) is 22.4. The van der Waals surface area contributed by atoms with E-state index in [-0.39, 0.29) is 18.6 Å². The normalized spacial score (nSPS) is 16.2. The first-order valence-electron chi connectivity index (χ1n) is 12.8. The van der Waals surface area contributed by atoms with E-state index in [1.807, 2.05) is 43.3 Å². The maximum absolute atomic E-state index is 13.0. The Hall–Kier alpha value is -4.21. The minimum Gasteiger partial charge on any atom is -0.494 e. The van der Waals surface area contributed by atoms with E-state index in [1.54, 1.807) is 29.0 Å². The van der Waals surface area contributed by atoms with Crippen LogP contribution in [0.2, 0.25) is 0 Å². The van der Waals surface area contributed by atoms with Gasteiger partial charge in [0, 0.05) is 26.6 Å². The largest absolute Gasteiger partial charge is 0.494 e. The molecule has 4 rings (SSSR count). The Morgan fingerprint density at radius 3 is 2.48 bits per heavy atom. The molecule has 3 aromatic carbocycles. The Morgan fingerprint density at radius 1 is 1.10 bits per heavy atom. The zero-order valence-electron chi connectivity index (χ0n) is 22.4. The summed E-state index contributed by atoms with van der Waals surface area (Å²) in [6, 6.07) is 17.6. The summed E-state index contributed by atoms with van der Waals surface area (Å²) < 4.78 is 50.6. The number of amides is 2.